The number of amides is 1. The fraction of sp³-hybridized carbons (Fsp3) is 0.923. The highest BCUT2D eigenvalue weighted by Gasteiger charge is 2.23. The van der Waals surface area contributed by atoms with Gasteiger partial charge in [0.15, 0.2) is 0 Å². The van der Waals surface area contributed by atoms with Crippen LogP contribution in [0.25, 0.3) is 0 Å². The number of nitrogens with zero attached hydrogens (tertiary/aromatic N) is 1. The molecule has 2 fully saturated rings. The molecule has 1 aliphatic heterocycles. The second kappa shape index (κ2) is 8.26. The van der Waals surface area contributed by atoms with Crippen LogP contribution >= 0.6 is 22.9 Å². The molecule has 0 aromatic heterocycles. The van der Waals surface area contributed by atoms with Gasteiger partial charge in [0.05, 0.1) is 0 Å². The maximum absolute atomic E-state index is 11.7. The molecule has 0 atom stereocenters. The van der Waals surface area contributed by atoms with Gasteiger partial charge in [0.25, 0.3) is 0 Å². The molecule has 0 radical (unpaired) electrons. The molecule has 1 heterocycles. The van der Waals surface area contributed by atoms with Crippen LogP contribution in [0.5, 0.6) is 0 Å². The zero-order chi connectivity index (χ0) is 13.5. The minimum atomic E-state index is -0.245. The zero-order valence-corrected chi connectivity index (χ0v) is 13.5. The summed E-state index contributed by atoms with van der Waals surface area (Å²) in [6, 6.07) is 0.582. The van der Waals surface area contributed by atoms with E-state index in [9.17, 15) is 4.79 Å². The van der Waals surface area contributed by atoms with E-state index >= 15 is 0 Å². The standard InChI is InChI=1S/C13H24IN3O2/c14-16-11-3-5-12(6-4-11)19-13(18)15-7-10-17-8-1-2-9-17/h11-12,16H,1-10H2,(H,15,18)/t11-,12-. The highest BCUT2D eigenvalue weighted by Crippen LogP contribution is 2.21. The normalized spacial score (nSPS) is 28.3. The molecule has 1 saturated heterocycles. The molecule has 0 spiro atoms. The number of nitrogens with one attached hydrogen (secondary N) is 2. The molecule has 1 aliphatic carbocycles. The van der Waals surface area contributed by atoms with Gasteiger partial charge in [-0.3, -0.25) is 3.53 Å². The van der Waals surface area contributed by atoms with Crippen LogP contribution in [0.2, 0.25) is 0 Å². The number of halogens is 1. The largest absolute Gasteiger partial charge is 0.446 e. The van der Waals surface area contributed by atoms with E-state index in [1.54, 1.807) is 0 Å². The van der Waals surface area contributed by atoms with Crippen LogP contribution in [0, 0.1) is 0 Å². The molecular weight excluding hydrogens is 357 g/mol. The van der Waals surface area contributed by atoms with Crippen LogP contribution in [-0.2, 0) is 4.74 Å². The molecule has 1 saturated carbocycles. The Morgan fingerprint density at radius 3 is 2.53 bits per heavy atom. The topological polar surface area (TPSA) is 53.6 Å². The molecule has 5 nitrogen and oxygen atoms in total. The van der Waals surface area contributed by atoms with Crippen molar-refractivity contribution in [2.24, 2.45) is 0 Å². The molecule has 0 aromatic rings. The molecule has 2 aliphatic rings. The minimum absolute atomic E-state index is 0.104. The van der Waals surface area contributed by atoms with Gasteiger partial charge in [0.2, 0.25) is 0 Å². The maximum atomic E-state index is 11.7. The number of alkyl carbamates (subject to hydrolysis) is 1. The summed E-state index contributed by atoms with van der Waals surface area (Å²) in [6.45, 7) is 3.98. The van der Waals surface area contributed by atoms with Gasteiger partial charge in [-0.05, 0) is 51.6 Å². The van der Waals surface area contributed by atoms with Gasteiger partial charge in [-0.1, -0.05) is 0 Å². The minimum Gasteiger partial charge on any atom is -0.446 e. The van der Waals surface area contributed by atoms with Crippen molar-refractivity contribution >= 4 is 29.0 Å². The van der Waals surface area contributed by atoms with Crippen LogP contribution in [0.1, 0.15) is 38.5 Å². The molecule has 19 heavy (non-hydrogen) atoms. The molecule has 1 amide bonds. The summed E-state index contributed by atoms with van der Waals surface area (Å²) in [7, 11) is 0. The van der Waals surface area contributed by atoms with Crippen molar-refractivity contribution in [3.8, 4) is 0 Å². The number of carbonyl (C=O) groups is 1. The van der Waals surface area contributed by atoms with E-state index in [4.69, 9.17) is 4.74 Å². The van der Waals surface area contributed by atoms with Gasteiger partial charge in [-0.15, -0.1) is 0 Å². The van der Waals surface area contributed by atoms with E-state index in [0.717, 1.165) is 32.2 Å². The summed E-state index contributed by atoms with van der Waals surface area (Å²) in [5.41, 5.74) is 0. The van der Waals surface area contributed by atoms with Crippen molar-refractivity contribution < 1.29 is 9.53 Å². The Balaban J connectivity index is 1.54. The summed E-state index contributed by atoms with van der Waals surface area (Å²) < 4.78 is 8.70. The van der Waals surface area contributed by atoms with Gasteiger partial charge >= 0.3 is 6.09 Å². The maximum Gasteiger partial charge on any atom is 0.407 e. The first-order chi connectivity index (χ1) is 9.28. The third-order valence-electron chi connectivity index (χ3n) is 4.00. The molecule has 2 N–H and O–H groups in total. The van der Waals surface area contributed by atoms with Gasteiger partial charge in [-0.2, -0.15) is 0 Å². The fourth-order valence-corrected chi connectivity index (χ4v) is 3.43. The predicted molar refractivity (Wildman–Crippen MR) is 83.4 cm³/mol. The van der Waals surface area contributed by atoms with Gasteiger partial charge < -0.3 is 15.0 Å². The molecule has 2 rings (SSSR count). The molecule has 0 bridgehead atoms. The van der Waals surface area contributed by atoms with E-state index in [1.807, 2.05) is 0 Å². The van der Waals surface area contributed by atoms with E-state index in [2.05, 4.69) is 36.6 Å². The van der Waals surface area contributed by atoms with Crippen molar-refractivity contribution in [2.45, 2.75) is 50.7 Å². The van der Waals surface area contributed by atoms with Crippen molar-refractivity contribution in [2.75, 3.05) is 26.2 Å². The lowest BCUT2D eigenvalue weighted by Gasteiger charge is -2.27. The molecule has 0 unspecified atom stereocenters. The van der Waals surface area contributed by atoms with Gasteiger partial charge in [0, 0.05) is 42.0 Å². The number of ether oxygens (including phenoxy) is 1. The lowest BCUT2D eigenvalue weighted by molar-refractivity contribution is 0.0708. The van der Waals surface area contributed by atoms with Crippen LogP contribution in [-0.4, -0.2) is 49.3 Å². The summed E-state index contributed by atoms with van der Waals surface area (Å²) >= 11 is 2.20. The lowest BCUT2D eigenvalue weighted by atomic mass is 9.94. The number of hydrogen-bond acceptors (Lipinski definition) is 4. The Morgan fingerprint density at radius 2 is 1.89 bits per heavy atom. The Kier molecular flexibility index (Phi) is 6.66. The van der Waals surface area contributed by atoms with Crippen LogP contribution < -0.4 is 8.85 Å². The van der Waals surface area contributed by atoms with E-state index in [-0.39, 0.29) is 12.2 Å². The third-order valence-corrected chi connectivity index (χ3v) is 4.88. The molecule has 110 valence electrons. The number of carbonyl (C=O) groups excluding carboxylic acids is 1. The van der Waals surface area contributed by atoms with E-state index in [0.29, 0.717) is 12.6 Å². The third kappa shape index (κ3) is 5.43. The summed E-state index contributed by atoms with van der Waals surface area (Å²) in [5, 5.41) is 2.86. The SMILES string of the molecule is O=C(NCCN1CCCC1)O[C@H]1CC[C@H](NI)CC1. The lowest BCUT2D eigenvalue weighted by Crippen LogP contribution is -2.37. The zero-order valence-electron chi connectivity index (χ0n) is 11.4. The van der Waals surface area contributed by atoms with Gasteiger partial charge in [-0.25, -0.2) is 4.79 Å². The van der Waals surface area contributed by atoms with Crippen molar-refractivity contribution in [1.82, 2.24) is 13.7 Å². The number of likely N-dealkylation sites (tertiary alicyclic amines) is 1. The summed E-state index contributed by atoms with van der Waals surface area (Å²) in [4.78, 5) is 14.1. The Labute approximate surface area is 129 Å². The Morgan fingerprint density at radius 1 is 1.21 bits per heavy atom. The van der Waals surface area contributed by atoms with Crippen molar-refractivity contribution in [3.05, 3.63) is 0 Å². The van der Waals surface area contributed by atoms with E-state index in [1.165, 1.54) is 25.9 Å². The Hall–Kier alpha value is -0.0800. The highest BCUT2D eigenvalue weighted by atomic mass is 127. The molecule has 0 aromatic carbocycles. The highest BCUT2D eigenvalue weighted by molar-refractivity contribution is 14.1. The van der Waals surface area contributed by atoms with E-state index < -0.39 is 0 Å². The quantitative estimate of drug-likeness (QED) is 0.566. The molecular formula is C13H24IN3O2. The first-order valence-electron chi connectivity index (χ1n) is 7.31. The number of hydrogen-bond donors (Lipinski definition) is 2. The number of rotatable bonds is 5. The van der Waals surface area contributed by atoms with Crippen molar-refractivity contribution in [1.29, 1.82) is 0 Å². The van der Waals surface area contributed by atoms with Crippen LogP contribution in [0.3, 0.4) is 0 Å². The predicted octanol–water partition coefficient (Wildman–Crippen LogP) is 2.06. The Bertz CT molecular complexity index is 277. The summed E-state index contributed by atoms with van der Waals surface area (Å²) in [5.74, 6) is 0. The second-order valence-electron chi connectivity index (χ2n) is 5.46. The first kappa shape index (κ1) is 15.3. The monoisotopic (exact) mass is 381 g/mol. The van der Waals surface area contributed by atoms with Crippen molar-refractivity contribution in [3.63, 3.8) is 0 Å². The molecule has 6 heteroatoms. The summed E-state index contributed by atoms with van der Waals surface area (Å²) in [6.07, 6.45) is 6.57. The fourth-order valence-electron chi connectivity index (χ4n) is 2.81. The average molecular weight is 381 g/mol. The van der Waals surface area contributed by atoms with Crippen LogP contribution in [0.15, 0.2) is 0 Å². The second-order valence-corrected chi connectivity index (χ2v) is 6.09. The average Bonchev–Trinajstić information content (AvgIpc) is 2.93. The first-order valence-corrected chi connectivity index (χ1v) is 8.39. The van der Waals surface area contributed by atoms with Crippen LogP contribution in [0.4, 0.5) is 4.79 Å². The smallest absolute Gasteiger partial charge is 0.407 e. The van der Waals surface area contributed by atoms with Gasteiger partial charge in [0.1, 0.15) is 6.10 Å².